The van der Waals surface area contributed by atoms with Gasteiger partial charge in [-0.25, -0.2) is 0 Å². The van der Waals surface area contributed by atoms with E-state index in [0.717, 1.165) is 0 Å². The molecule has 0 fully saturated rings. The zero-order valence-corrected chi connectivity index (χ0v) is 5.61. The number of aromatic nitrogens is 2. The first-order chi connectivity index (χ1) is 4.74. The molecule has 0 spiro atoms. The van der Waals surface area contributed by atoms with Gasteiger partial charge in [0.25, 0.3) is 0 Å². The molecule has 0 radical (unpaired) electrons. The van der Waals surface area contributed by atoms with Crippen LogP contribution in [0.1, 0.15) is 17.8 Å². The maximum Gasteiger partial charge on any atom is 0.235 e. The summed E-state index contributed by atoms with van der Waals surface area (Å²) in [6, 6.07) is -0.554. The van der Waals surface area contributed by atoms with Crippen LogP contribution in [0, 0.1) is 6.92 Å². The van der Waals surface area contributed by atoms with Crippen molar-refractivity contribution in [2.24, 2.45) is 5.73 Å². The van der Waals surface area contributed by atoms with E-state index in [9.17, 15) is 0 Å². The molecule has 1 heterocycles. The molecule has 10 heavy (non-hydrogen) atoms. The largest absolute Gasteiger partial charge is 0.424 e. The van der Waals surface area contributed by atoms with Crippen LogP contribution < -0.4 is 5.73 Å². The van der Waals surface area contributed by atoms with Crippen LogP contribution in [-0.4, -0.2) is 21.9 Å². The van der Waals surface area contributed by atoms with Gasteiger partial charge in [-0.1, -0.05) is 0 Å². The lowest BCUT2D eigenvalue weighted by Gasteiger charge is -1.98. The average molecular weight is 143 g/mol. The summed E-state index contributed by atoms with van der Waals surface area (Å²) in [5.74, 6) is 0.735. The maximum atomic E-state index is 8.54. The van der Waals surface area contributed by atoms with E-state index in [1.54, 1.807) is 6.92 Å². The topological polar surface area (TPSA) is 85.2 Å². The normalized spacial score (nSPS) is 13.5. The Morgan fingerprint density at radius 1 is 1.70 bits per heavy atom. The average Bonchev–Trinajstić information content (AvgIpc) is 2.34. The van der Waals surface area contributed by atoms with Crippen molar-refractivity contribution < 1.29 is 9.52 Å². The summed E-state index contributed by atoms with van der Waals surface area (Å²) < 4.78 is 4.93. The molecule has 0 aliphatic rings. The minimum atomic E-state index is -0.554. The van der Waals surface area contributed by atoms with Gasteiger partial charge in [0.15, 0.2) is 0 Å². The summed E-state index contributed by atoms with van der Waals surface area (Å²) in [5.41, 5.74) is 5.36. The Morgan fingerprint density at radius 3 is 2.80 bits per heavy atom. The van der Waals surface area contributed by atoms with Crippen LogP contribution in [-0.2, 0) is 0 Å². The van der Waals surface area contributed by atoms with Gasteiger partial charge in [-0.15, -0.1) is 10.2 Å². The zero-order chi connectivity index (χ0) is 7.56. The van der Waals surface area contributed by atoms with Gasteiger partial charge in [0.05, 0.1) is 6.61 Å². The van der Waals surface area contributed by atoms with Gasteiger partial charge in [-0.05, 0) is 0 Å². The van der Waals surface area contributed by atoms with Crippen molar-refractivity contribution in [1.29, 1.82) is 0 Å². The highest BCUT2D eigenvalue weighted by Crippen LogP contribution is 2.05. The van der Waals surface area contributed by atoms with Crippen molar-refractivity contribution >= 4 is 0 Å². The Hall–Kier alpha value is -0.940. The van der Waals surface area contributed by atoms with Crippen LogP contribution in [0.25, 0.3) is 0 Å². The summed E-state index contributed by atoms with van der Waals surface area (Å²) in [6.45, 7) is 1.49. The molecule has 1 aromatic heterocycles. The van der Waals surface area contributed by atoms with Crippen LogP contribution >= 0.6 is 0 Å². The number of aliphatic hydroxyl groups is 1. The Morgan fingerprint density at radius 2 is 2.40 bits per heavy atom. The number of aliphatic hydroxyl groups excluding tert-OH is 1. The van der Waals surface area contributed by atoms with Gasteiger partial charge < -0.3 is 15.3 Å². The molecule has 0 aliphatic heterocycles. The van der Waals surface area contributed by atoms with Crippen molar-refractivity contribution in [3.8, 4) is 0 Å². The van der Waals surface area contributed by atoms with Crippen molar-refractivity contribution in [3.05, 3.63) is 11.8 Å². The summed E-state index contributed by atoms with van der Waals surface area (Å²) in [7, 11) is 0. The first-order valence-electron chi connectivity index (χ1n) is 2.90. The van der Waals surface area contributed by atoms with E-state index in [2.05, 4.69) is 10.2 Å². The first-order valence-corrected chi connectivity index (χ1v) is 2.90. The zero-order valence-electron chi connectivity index (χ0n) is 5.61. The third-order valence-corrected chi connectivity index (χ3v) is 1.06. The van der Waals surface area contributed by atoms with Gasteiger partial charge in [0.1, 0.15) is 6.04 Å². The smallest absolute Gasteiger partial charge is 0.235 e. The predicted molar refractivity (Wildman–Crippen MR) is 33.0 cm³/mol. The van der Waals surface area contributed by atoms with E-state index in [-0.39, 0.29) is 12.5 Å². The van der Waals surface area contributed by atoms with Gasteiger partial charge in [0.2, 0.25) is 11.8 Å². The Bertz CT molecular complexity index is 210. The third-order valence-electron chi connectivity index (χ3n) is 1.06. The van der Waals surface area contributed by atoms with Crippen molar-refractivity contribution in [2.75, 3.05) is 6.61 Å². The fraction of sp³-hybridized carbons (Fsp3) is 0.600. The SMILES string of the molecule is Cc1nnc(C(N)CO)o1. The standard InChI is InChI=1S/C5H9N3O2/c1-3-7-8-5(10-3)4(6)2-9/h4,9H,2,6H2,1H3. The fourth-order valence-electron chi connectivity index (χ4n) is 0.540. The van der Waals surface area contributed by atoms with Gasteiger partial charge in [-0.2, -0.15) is 0 Å². The van der Waals surface area contributed by atoms with Gasteiger partial charge >= 0.3 is 0 Å². The Labute approximate surface area is 57.9 Å². The lowest BCUT2D eigenvalue weighted by atomic mass is 10.3. The number of nitrogens with two attached hydrogens (primary N) is 1. The lowest BCUT2D eigenvalue weighted by molar-refractivity contribution is 0.246. The fourth-order valence-corrected chi connectivity index (χ4v) is 0.540. The molecule has 1 aromatic rings. The number of nitrogens with zero attached hydrogens (tertiary/aromatic N) is 2. The highest BCUT2D eigenvalue weighted by Gasteiger charge is 2.10. The van der Waals surface area contributed by atoms with E-state index in [1.807, 2.05) is 0 Å². The first kappa shape index (κ1) is 7.17. The van der Waals surface area contributed by atoms with Crippen molar-refractivity contribution in [2.45, 2.75) is 13.0 Å². The molecule has 1 unspecified atom stereocenters. The molecule has 0 saturated carbocycles. The second-order valence-electron chi connectivity index (χ2n) is 1.95. The minimum Gasteiger partial charge on any atom is -0.424 e. The van der Waals surface area contributed by atoms with Gasteiger partial charge in [0, 0.05) is 6.92 Å². The monoisotopic (exact) mass is 143 g/mol. The molecule has 5 heteroatoms. The number of rotatable bonds is 2. The van der Waals surface area contributed by atoms with E-state index in [4.69, 9.17) is 15.3 Å². The second kappa shape index (κ2) is 2.76. The number of hydrogen-bond acceptors (Lipinski definition) is 5. The molecular weight excluding hydrogens is 134 g/mol. The summed E-state index contributed by atoms with van der Waals surface area (Å²) in [6.07, 6.45) is 0. The summed E-state index contributed by atoms with van der Waals surface area (Å²) in [5, 5.41) is 15.7. The van der Waals surface area contributed by atoms with Crippen molar-refractivity contribution in [1.82, 2.24) is 10.2 Å². The molecule has 5 nitrogen and oxygen atoms in total. The van der Waals surface area contributed by atoms with Crippen LogP contribution in [0.4, 0.5) is 0 Å². The second-order valence-corrected chi connectivity index (χ2v) is 1.95. The Kier molecular flexibility index (Phi) is 1.98. The molecule has 56 valence electrons. The maximum absolute atomic E-state index is 8.54. The third kappa shape index (κ3) is 1.31. The van der Waals surface area contributed by atoms with E-state index < -0.39 is 6.04 Å². The molecule has 0 aromatic carbocycles. The summed E-state index contributed by atoms with van der Waals surface area (Å²) in [4.78, 5) is 0. The molecule has 1 atom stereocenters. The van der Waals surface area contributed by atoms with E-state index >= 15 is 0 Å². The van der Waals surface area contributed by atoms with Gasteiger partial charge in [-0.3, -0.25) is 0 Å². The highest BCUT2D eigenvalue weighted by molar-refractivity contribution is 4.86. The van der Waals surface area contributed by atoms with Crippen molar-refractivity contribution in [3.63, 3.8) is 0 Å². The molecule has 3 N–H and O–H groups in total. The molecule has 0 amide bonds. The predicted octanol–water partition coefficient (Wildman–Crippen LogP) is -0.630. The van der Waals surface area contributed by atoms with Crippen LogP contribution in [0.15, 0.2) is 4.42 Å². The highest BCUT2D eigenvalue weighted by atomic mass is 16.4. The summed E-state index contributed by atoms with van der Waals surface area (Å²) >= 11 is 0. The van der Waals surface area contributed by atoms with E-state index in [0.29, 0.717) is 5.89 Å². The quantitative estimate of drug-likeness (QED) is 0.575. The van der Waals surface area contributed by atoms with Crippen LogP contribution in [0.5, 0.6) is 0 Å². The number of aryl methyl sites for hydroxylation is 1. The molecule has 0 aliphatic carbocycles. The molecule has 0 saturated heterocycles. The number of hydrogen-bond donors (Lipinski definition) is 2. The molecule has 1 rings (SSSR count). The molecular formula is C5H9N3O2. The van der Waals surface area contributed by atoms with E-state index in [1.165, 1.54) is 0 Å². The lowest BCUT2D eigenvalue weighted by Crippen LogP contribution is -2.14. The molecule has 0 bridgehead atoms. The minimum absolute atomic E-state index is 0.179. The van der Waals surface area contributed by atoms with Crippen LogP contribution in [0.3, 0.4) is 0 Å². The Balaban J connectivity index is 2.74. The van der Waals surface area contributed by atoms with Crippen LogP contribution in [0.2, 0.25) is 0 Å².